The number of nitrogens with two attached hydrogens (primary N) is 1. The fourth-order valence-electron chi connectivity index (χ4n) is 7.41. The summed E-state index contributed by atoms with van der Waals surface area (Å²) in [7, 11) is -0.403. The van der Waals surface area contributed by atoms with Crippen molar-refractivity contribution < 1.29 is 40.8 Å². The van der Waals surface area contributed by atoms with Gasteiger partial charge in [-0.05, 0) is 109 Å². The van der Waals surface area contributed by atoms with Crippen LogP contribution in [0.2, 0.25) is 0 Å². The number of carbonyl (C=O) groups is 1. The van der Waals surface area contributed by atoms with Crippen LogP contribution in [-0.2, 0) is 45.7 Å². The van der Waals surface area contributed by atoms with Crippen molar-refractivity contribution in [3.63, 3.8) is 0 Å². The van der Waals surface area contributed by atoms with E-state index in [-0.39, 0.29) is 0 Å². The SMILES string of the molecule is CN(C)c1cc[n+](C([O-])=NS(C)(=O)=O)cc1.COc1cc(-c2c(C)cc3c(c2N)CCC3)ccn1.COc1cc(-c2c(C)cc3c(c2NC(=O)NS(C)(=O)=O)CCC3)ccn1. The van der Waals surface area contributed by atoms with Crippen LogP contribution in [0.1, 0.15) is 46.2 Å². The molecule has 0 atom stereocenters. The number of nitrogens with zero attached hydrogens (tertiary/aromatic N) is 5. The maximum absolute atomic E-state index is 12.2. The topological polar surface area (TPSA) is 222 Å². The number of carbonyl (C=O) groups excluding carboxylic acids is 1. The minimum absolute atomic E-state index is 0.467. The van der Waals surface area contributed by atoms with Crippen LogP contribution in [0.4, 0.5) is 21.9 Å². The first-order chi connectivity index (χ1) is 28.8. The van der Waals surface area contributed by atoms with Crippen molar-refractivity contribution in [3.05, 3.63) is 107 Å². The number of ether oxygens (including phenoxy) is 2. The summed E-state index contributed by atoms with van der Waals surface area (Å²) in [6.45, 7) is 4.09. The fraction of sp³-hybridized carbons (Fsp3) is 0.326. The van der Waals surface area contributed by atoms with Crippen molar-refractivity contribution in [2.75, 3.05) is 56.8 Å². The maximum atomic E-state index is 12.2. The van der Waals surface area contributed by atoms with E-state index in [2.05, 4.69) is 38.7 Å². The van der Waals surface area contributed by atoms with Gasteiger partial charge in [0.25, 0.3) is 6.02 Å². The lowest BCUT2D eigenvalue weighted by atomic mass is 9.93. The van der Waals surface area contributed by atoms with Crippen molar-refractivity contribution >= 4 is 49.2 Å². The Hall–Kier alpha value is -6.27. The van der Waals surface area contributed by atoms with E-state index in [0.717, 1.165) is 93.9 Å². The number of nitrogen functional groups attached to an aromatic ring is 1. The maximum Gasteiger partial charge on any atom is 0.335 e. The number of pyridine rings is 3. The minimum Gasteiger partial charge on any atom is -0.806 e. The van der Waals surface area contributed by atoms with Gasteiger partial charge >= 0.3 is 16.1 Å². The van der Waals surface area contributed by atoms with Crippen LogP contribution >= 0.6 is 0 Å². The van der Waals surface area contributed by atoms with Gasteiger partial charge in [-0.25, -0.2) is 32.5 Å². The number of benzene rings is 2. The van der Waals surface area contributed by atoms with Gasteiger partial charge in [0, 0.05) is 77.7 Å². The van der Waals surface area contributed by atoms with Gasteiger partial charge in [-0.2, -0.15) is 8.42 Å². The molecule has 7 rings (SSSR count). The second-order valence-corrected chi connectivity index (χ2v) is 18.3. The van der Waals surface area contributed by atoms with Gasteiger partial charge in [0.05, 0.1) is 44.8 Å². The zero-order valence-corrected chi connectivity index (χ0v) is 37.2. The van der Waals surface area contributed by atoms with E-state index in [1.807, 2.05) is 48.8 Å². The Morgan fingerprint density at radius 1 is 0.803 bits per heavy atom. The molecule has 324 valence electrons. The number of amides is 2. The molecule has 3 heterocycles. The Morgan fingerprint density at radius 2 is 1.31 bits per heavy atom. The molecule has 0 fully saturated rings. The monoisotopic (exact) mass is 872 g/mol. The summed E-state index contributed by atoms with van der Waals surface area (Å²) in [5.41, 5.74) is 20.0. The van der Waals surface area contributed by atoms with E-state index >= 15 is 0 Å². The number of aryl methyl sites for hydroxylation is 4. The summed E-state index contributed by atoms with van der Waals surface area (Å²) < 4.78 is 60.8. The quantitative estimate of drug-likeness (QED) is 0.0858. The number of urea groups is 1. The lowest BCUT2D eigenvalue weighted by Gasteiger charge is -2.19. The predicted octanol–water partition coefficient (Wildman–Crippen LogP) is 4.34. The van der Waals surface area contributed by atoms with Gasteiger partial charge < -0.3 is 30.5 Å². The van der Waals surface area contributed by atoms with Gasteiger partial charge in [-0.1, -0.05) is 12.1 Å². The number of fused-ring (bicyclic) bond motifs is 2. The predicted molar refractivity (Wildman–Crippen MR) is 236 cm³/mol. The summed E-state index contributed by atoms with van der Waals surface area (Å²) in [4.78, 5) is 22.3. The lowest BCUT2D eigenvalue weighted by Crippen LogP contribution is -2.50. The summed E-state index contributed by atoms with van der Waals surface area (Å²) >= 11 is 0. The van der Waals surface area contributed by atoms with Gasteiger partial charge in [-0.15, -0.1) is 0 Å². The van der Waals surface area contributed by atoms with Crippen molar-refractivity contribution in [3.8, 4) is 34.0 Å². The van der Waals surface area contributed by atoms with E-state index in [1.54, 1.807) is 44.8 Å². The molecule has 18 heteroatoms. The number of rotatable bonds is 8. The molecule has 5 aromatic rings. The minimum atomic E-state index is -3.65. The van der Waals surface area contributed by atoms with Crippen LogP contribution in [0.25, 0.3) is 22.3 Å². The summed E-state index contributed by atoms with van der Waals surface area (Å²) in [6, 6.07) is 13.8. The number of hydrogen-bond donors (Lipinski definition) is 3. The highest BCUT2D eigenvalue weighted by atomic mass is 32.2. The van der Waals surface area contributed by atoms with Crippen LogP contribution in [-0.4, -0.2) is 79.7 Å². The number of hydrogen-bond acceptors (Lipinski definition) is 12. The Labute approximate surface area is 357 Å². The van der Waals surface area contributed by atoms with Crippen LogP contribution in [0.5, 0.6) is 11.8 Å². The van der Waals surface area contributed by atoms with Crippen LogP contribution in [0.3, 0.4) is 0 Å². The molecular formula is C43H52N8O8S2. The van der Waals surface area contributed by atoms with E-state index < -0.39 is 32.1 Å². The highest BCUT2D eigenvalue weighted by Crippen LogP contribution is 2.41. The van der Waals surface area contributed by atoms with Crippen molar-refractivity contribution in [1.82, 2.24) is 14.7 Å². The Bertz CT molecular complexity index is 2670. The molecule has 0 saturated heterocycles. The van der Waals surface area contributed by atoms with Gasteiger partial charge in [0.1, 0.15) is 0 Å². The third kappa shape index (κ3) is 11.9. The van der Waals surface area contributed by atoms with Gasteiger partial charge in [0.2, 0.25) is 21.8 Å². The molecule has 0 aliphatic heterocycles. The molecule has 2 amide bonds. The second kappa shape index (κ2) is 19.4. The summed E-state index contributed by atoms with van der Waals surface area (Å²) in [6.07, 6.45) is 14.4. The third-order valence-electron chi connectivity index (χ3n) is 10.0. The van der Waals surface area contributed by atoms with Crippen molar-refractivity contribution in [2.45, 2.75) is 52.4 Å². The molecule has 4 N–H and O–H groups in total. The molecule has 0 radical (unpaired) electrons. The first-order valence-corrected chi connectivity index (χ1v) is 23.0. The number of anilines is 3. The molecular weight excluding hydrogens is 821 g/mol. The highest BCUT2D eigenvalue weighted by Gasteiger charge is 2.24. The Morgan fingerprint density at radius 3 is 1.82 bits per heavy atom. The summed E-state index contributed by atoms with van der Waals surface area (Å²) in [5, 5.41) is 14.1. The molecule has 0 bridgehead atoms. The van der Waals surface area contributed by atoms with Crippen molar-refractivity contribution in [1.29, 1.82) is 0 Å². The van der Waals surface area contributed by atoms with Crippen LogP contribution in [0.15, 0.2) is 77.7 Å². The molecule has 0 saturated carbocycles. The fourth-order valence-corrected chi connectivity index (χ4v) is 8.18. The van der Waals surface area contributed by atoms with E-state index in [9.17, 15) is 26.7 Å². The van der Waals surface area contributed by atoms with Crippen LogP contribution < -0.4 is 39.8 Å². The molecule has 16 nitrogen and oxygen atoms in total. The smallest absolute Gasteiger partial charge is 0.335 e. The average Bonchev–Trinajstić information content (AvgIpc) is 3.87. The standard InChI is InChI=1S/C18H21N3O4S.C16H18N2O.C9H13N3O3S/c1-11-9-12-5-4-6-14(12)17(20-18(22)21-26(3,23)24)16(11)13-7-8-19-15(10-13)25-2;1-10-8-11-4-3-5-13(11)16(17)15(10)12-6-7-18-14(9-12)19-2;1-11(2)8-4-6-12(7-5-8)9(13)10-16(3,14)15/h7-10H,4-6H2,1-3H3,(H2,20,21,22);6-9H,3-5,17H2,1-2H3;4-7H,1-3H3. The summed E-state index contributed by atoms with van der Waals surface area (Å²) in [5.74, 6) is 1.09. The molecule has 0 unspecified atom stereocenters. The molecule has 3 aromatic heterocycles. The average molecular weight is 873 g/mol. The van der Waals surface area contributed by atoms with Gasteiger partial charge in [0.15, 0.2) is 0 Å². The largest absolute Gasteiger partial charge is 0.806 e. The van der Waals surface area contributed by atoms with Gasteiger partial charge in [-0.3, -0.25) is 0 Å². The van der Waals surface area contributed by atoms with E-state index in [4.69, 9.17) is 15.2 Å². The molecule has 2 aromatic carbocycles. The molecule has 2 aliphatic carbocycles. The van der Waals surface area contributed by atoms with E-state index in [0.29, 0.717) is 17.4 Å². The van der Waals surface area contributed by atoms with Crippen LogP contribution in [0, 0.1) is 13.8 Å². The number of sulfonamides is 2. The second-order valence-electron chi connectivity index (χ2n) is 14.9. The number of nitrogens with one attached hydrogen (secondary N) is 2. The van der Waals surface area contributed by atoms with E-state index in [1.165, 1.54) is 41.1 Å². The van der Waals surface area contributed by atoms with Crippen molar-refractivity contribution in [2.24, 2.45) is 4.40 Å². The first kappa shape index (κ1) is 45.8. The Kier molecular flexibility index (Phi) is 14.6. The Balaban J connectivity index is 0.000000179. The molecule has 61 heavy (non-hydrogen) atoms. The molecule has 0 spiro atoms. The number of methoxy groups -OCH3 is 2. The third-order valence-corrected chi connectivity index (χ3v) is 11.1. The normalized spacial score (nSPS) is 13.1. The number of aromatic nitrogens is 3. The highest BCUT2D eigenvalue weighted by molar-refractivity contribution is 7.89. The zero-order valence-electron chi connectivity index (χ0n) is 35.6. The first-order valence-electron chi connectivity index (χ1n) is 19.3. The lowest BCUT2D eigenvalue weighted by molar-refractivity contribution is -0.613. The molecule has 2 aliphatic rings. The zero-order chi connectivity index (χ0) is 44.6.